The number of rotatable bonds is 4. The van der Waals surface area contributed by atoms with Crippen LogP contribution in [0.3, 0.4) is 0 Å². The minimum absolute atomic E-state index is 0.0807. The lowest BCUT2D eigenvalue weighted by Crippen LogP contribution is -2.41. The quantitative estimate of drug-likeness (QED) is 0.562. The Morgan fingerprint density at radius 2 is 2.16 bits per heavy atom. The second-order valence-corrected chi connectivity index (χ2v) is 8.14. The van der Waals surface area contributed by atoms with Crippen LogP contribution in [0.4, 0.5) is 0 Å². The Labute approximate surface area is 152 Å². The summed E-state index contributed by atoms with van der Waals surface area (Å²) < 4.78 is 1.91. The Morgan fingerprint density at radius 1 is 1.36 bits per heavy atom. The third-order valence-corrected chi connectivity index (χ3v) is 6.38. The number of imidazole rings is 1. The summed E-state index contributed by atoms with van der Waals surface area (Å²) in [4.78, 5) is 31.6. The second kappa shape index (κ2) is 6.58. The Bertz CT molecular complexity index is 987. The summed E-state index contributed by atoms with van der Waals surface area (Å²) in [6, 6.07) is 3.69. The van der Waals surface area contributed by atoms with Crippen molar-refractivity contribution >= 4 is 49.7 Å². The largest absolute Gasteiger partial charge is 0.352 e. The van der Waals surface area contributed by atoms with E-state index < -0.39 is 17.6 Å². The van der Waals surface area contributed by atoms with E-state index in [1.165, 1.54) is 29.1 Å². The maximum atomic E-state index is 12.7. The van der Waals surface area contributed by atoms with Gasteiger partial charge in [-0.25, -0.2) is 4.98 Å². The molecule has 128 valence electrons. The minimum atomic E-state index is -1.30. The van der Waals surface area contributed by atoms with Gasteiger partial charge in [-0.1, -0.05) is 19.3 Å². The van der Waals surface area contributed by atoms with Gasteiger partial charge in [0.15, 0.2) is 16.7 Å². The average Bonchev–Trinajstić information content (AvgIpc) is 3.28. The Hall–Kier alpha value is -2.24. The molecule has 3 aromatic heterocycles. The van der Waals surface area contributed by atoms with E-state index in [1.54, 1.807) is 6.07 Å². The van der Waals surface area contributed by atoms with Crippen molar-refractivity contribution in [1.82, 2.24) is 14.7 Å². The number of nitrogens with zero attached hydrogens (tertiary/aromatic N) is 3. The maximum Gasteiger partial charge on any atom is 0.245 e. The Morgan fingerprint density at radius 3 is 2.92 bits per heavy atom. The highest BCUT2D eigenvalue weighted by Crippen LogP contribution is 2.29. The number of nitriles is 1. The van der Waals surface area contributed by atoms with Gasteiger partial charge < -0.3 is 5.32 Å². The van der Waals surface area contributed by atoms with Crippen molar-refractivity contribution < 1.29 is 9.59 Å². The SMILES string of the molecule is N#CC(C(=O)NC1CCCCC1)C(=O)c1cc2c(nc3sccn32)s1. The van der Waals surface area contributed by atoms with Crippen molar-refractivity contribution in [2.45, 2.75) is 38.1 Å². The number of thiophene rings is 1. The van der Waals surface area contributed by atoms with Crippen molar-refractivity contribution in [2.75, 3.05) is 0 Å². The smallest absolute Gasteiger partial charge is 0.245 e. The van der Waals surface area contributed by atoms with Crippen LogP contribution in [0.25, 0.3) is 15.3 Å². The van der Waals surface area contributed by atoms with Gasteiger partial charge in [0.25, 0.3) is 0 Å². The van der Waals surface area contributed by atoms with Crippen LogP contribution in [0.15, 0.2) is 17.6 Å². The number of aromatic nitrogens is 2. The average molecular weight is 372 g/mol. The Kier molecular flexibility index (Phi) is 4.27. The summed E-state index contributed by atoms with van der Waals surface area (Å²) in [7, 11) is 0. The molecule has 25 heavy (non-hydrogen) atoms. The van der Waals surface area contributed by atoms with Crippen molar-refractivity contribution in [1.29, 1.82) is 5.26 Å². The standard InChI is InChI=1S/C17H16N4O2S2/c18-9-11(15(23)19-10-4-2-1-3-5-10)14(22)13-8-12-16(25-13)20-17-21(12)6-7-24-17/h6-8,10-11H,1-5H2,(H,19,23). The zero-order valence-electron chi connectivity index (χ0n) is 13.4. The summed E-state index contributed by atoms with van der Waals surface area (Å²) in [6.07, 6.45) is 7.07. The van der Waals surface area contributed by atoms with Gasteiger partial charge in [0.05, 0.1) is 16.5 Å². The van der Waals surface area contributed by atoms with E-state index in [4.69, 9.17) is 0 Å². The number of ketones is 1. The predicted octanol–water partition coefficient (Wildman–Crippen LogP) is 3.38. The highest BCUT2D eigenvalue weighted by Gasteiger charge is 2.31. The van der Waals surface area contributed by atoms with Gasteiger partial charge in [0, 0.05) is 17.6 Å². The van der Waals surface area contributed by atoms with E-state index in [0.717, 1.165) is 41.0 Å². The Balaban J connectivity index is 1.55. The first kappa shape index (κ1) is 16.2. The zero-order chi connectivity index (χ0) is 17.4. The van der Waals surface area contributed by atoms with Crippen molar-refractivity contribution in [3.63, 3.8) is 0 Å². The molecule has 1 N–H and O–H groups in total. The molecule has 6 nitrogen and oxygen atoms in total. The molecule has 3 heterocycles. The molecule has 1 aliphatic rings. The van der Waals surface area contributed by atoms with Crippen molar-refractivity contribution in [3.8, 4) is 6.07 Å². The lowest BCUT2D eigenvalue weighted by atomic mass is 9.94. The van der Waals surface area contributed by atoms with Crippen LogP contribution in [-0.2, 0) is 4.79 Å². The molecular weight excluding hydrogens is 356 g/mol. The molecule has 1 atom stereocenters. The maximum absolute atomic E-state index is 12.7. The van der Waals surface area contributed by atoms with Gasteiger partial charge in [0.2, 0.25) is 5.91 Å². The molecule has 1 unspecified atom stereocenters. The zero-order valence-corrected chi connectivity index (χ0v) is 15.0. The fraction of sp³-hybridized carbons (Fsp3) is 0.412. The molecule has 1 saturated carbocycles. The summed E-state index contributed by atoms with van der Waals surface area (Å²) in [5.41, 5.74) is 0.842. The van der Waals surface area contributed by atoms with Crippen LogP contribution in [0.5, 0.6) is 0 Å². The normalized spacial score (nSPS) is 16.8. The number of amides is 1. The topological polar surface area (TPSA) is 87.3 Å². The van der Waals surface area contributed by atoms with Gasteiger partial charge in [-0.2, -0.15) is 5.26 Å². The predicted molar refractivity (Wildman–Crippen MR) is 96.9 cm³/mol. The fourth-order valence-electron chi connectivity index (χ4n) is 3.28. The molecule has 0 bridgehead atoms. The van der Waals surface area contributed by atoms with E-state index in [0.29, 0.717) is 4.88 Å². The molecule has 1 fully saturated rings. The molecular formula is C17H16N4O2S2. The summed E-state index contributed by atoms with van der Waals surface area (Å²) in [6.45, 7) is 0. The summed E-state index contributed by atoms with van der Waals surface area (Å²) in [5, 5.41) is 14.2. The van der Waals surface area contributed by atoms with Gasteiger partial charge >= 0.3 is 0 Å². The molecule has 0 saturated heterocycles. The lowest BCUT2D eigenvalue weighted by Gasteiger charge is -2.23. The van der Waals surface area contributed by atoms with Crippen LogP contribution in [-0.4, -0.2) is 27.1 Å². The fourth-order valence-corrected chi connectivity index (χ4v) is 5.05. The van der Waals surface area contributed by atoms with Crippen LogP contribution in [0.1, 0.15) is 41.8 Å². The van der Waals surface area contributed by atoms with Gasteiger partial charge in [-0.05, 0) is 18.9 Å². The van der Waals surface area contributed by atoms with Gasteiger partial charge in [-0.15, -0.1) is 22.7 Å². The van der Waals surface area contributed by atoms with Crippen LogP contribution >= 0.6 is 22.7 Å². The highest BCUT2D eigenvalue weighted by atomic mass is 32.1. The number of thiazole rings is 1. The molecule has 8 heteroatoms. The van der Waals surface area contributed by atoms with Crippen LogP contribution in [0.2, 0.25) is 0 Å². The highest BCUT2D eigenvalue weighted by molar-refractivity contribution is 7.21. The molecule has 0 aliphatic heterocycles. The number of nitrogens with one attached hydrogen (secondary N) is 1. The molecule has 0 aromatic carbocycles. The van der Waals surface area contributed by atoms with E-state index in [9.17, 15) is 14.9 Å². The van der Waals surface area contributed by atoms with E-state index in [2.05, 4.69) is 10.3 Å². The molecule has 0 spiro atoms. The number of Topliss-reactive ketones (excluding diaryl/α,β-unsaturated/α-hetero) is 1. The molecule has 0 radical (unpaired) electrons. The summed E-state index contributed by atoms with van der Waals surface area (Å²) in [5.74, 6) is -2.22. The number of fused-ring (bicyclic) bond motifs is 3. The van der Waals surface area contributed by atoms with Crippen molar-refractivity contribution in [3.05, 3.63) is 22.5 Å². The first-order valence-electron chi connectivity index (χ1n) is 8.26. The molecule has 3 aromatic rings. The third-order valence-electron chi connectivity index (χ3n) is 4.59. The van der Waals surface area contributed by atoms with Gasteiger partial charge in [0.1, 0.15) is 4.83 Å². The minimum Gasteiger partial charge on any atom is -0.352 e. The van der Waals surface area contributed by atoms with E-state index in [1.807, 2.05) is 22.0 Å². The number of hydrogen-bond acceptors (Lipinski definition) is 6. The molecule has 1 aliphatic carbocycles. The first-order chi connectivity index (χ1) is 12.2. The second-order valence-electron chi connectivity index (χ2n) is 6.24. The monoisotopic (exact) mass is 372 g/mol. The summed E-state index contributed by atoms with van der Waals surface area (Å²) >= 11 is 2.76. The number of carbonyl (C=O) groups is 2. The van der Waals surface area contributed by atoms with E-state index in [-0.39, 0.29) is 6.04 Å². The molecule has 4 rings (SSSR count). The van der Waals surface area contributed by atoms with Crippen molar-refractivity contribution in [2.24, 2.45) is 5.92 Å². The van der Waals surface area contributed by atoms with Crippen LogP contribution in [0, 0.1) is 17.2 Å². The van der Waals surface area contributed by atoms with Crippen LogP contribution < -0.4 is 5.32 Å². The lowest BCUT2D eigenvalue weighted by molar-refractivity contribution is -0.123. The number of hydrogen-bond donors (Lipinski definition) is 1. The third kappa shape index (κ3) is 2.94. The van der Waals surface area contributed by atoms with Gasteiger partial charge in [-0.3, -0.25) is 14.0 Å². The van der Waals surface area contributed by atoms with E-state index >= 15 is 0 Å². The first-order valence-corrected chi connectivity index (χ1v) is 9.96. The number of carbonyl (C=O) groups excluding carboxylic acids is 2. The molecule has 1 amide bonds.